The maximum atomic E-state index is 12.1. The molecule has 0 bridgehead atoms. The molecule has 0 saturated heterocycles. The average Bonchev–Trinajstić information content (AvgIpc) is 2.58. The summed E-state index contributed by atoms with van der Waals surface area (Å²) in [7, 11) is 0. The molecule has 1 unspecified atom stereocenters. The van der Waals surface area contributed by atoms with Crippen molar-refractivity contribution in [3.63, 3.8) is 0 Å². The number of nitrogens with one attached hydrogen (secondary N) is 2. The molecule has 1 aliphatic carbocycles. The Morgan fingerprint density at radius 3 is 2.63 bits per heavy atom. The molecule has 19 heavy (non-hydrogen) atoms. The first-order chi connectivity index (χ1) is 9.24. The summed E-state index contributed by atoms with van der Waals surface area (Å²) in [5.41, 5.74) is 3.30. The minimum atomic E-state index is -0.155. The fourth-order valence-electron chi connectivity index (χ4n) is 3.23. The van der Waals surface area contributed by atoms with Gasteiger partial charge in [0, 0.05) is 17.3 Å². The predicted molar refractivity (Wildman–Crippen MR) is 77.2 cm³/mol. The number of benzene rings is 1. The molecule has 1 amide bonds. The van der Waals surface area contributed by atoms with E-state index >= 15 is 0 Å². The molecule has 1 aromatic rings. The molecule has 3 heteroatoms. The van der Waals surface area contributed by atoms with Crippen LogP contribution < -0.4 is 10.6 Å². The van der Waals surface area contributed by atoms with Gasteiger partial charge in [0.05, 0.1) is 0 Å². The monoisotopic (exact) mass is 258 g/mol. The first-order valence-corrected chi connectivity index (χ1v) is 7.41. The molecule has 102 valence electrons. The topological polar surface area (TPSA) is 41.1 Å². The van der Waals surface area contributed by atoms with Crippen molar-refractivity contribution in [1.82, 2.24) is 5.32 Å². The van der Waals surface area contributed by atoms with Crippen LogP contribution in [0, 0.1) is 6.92 Å². The van der Waals surface area contributed by atoms with Crippen LogP contribution >= 0.6 is 0 Å². The van der Waals surface area contributed by atoms with E-state index in [1.165, 1.54) is 44.1 Å². The van der Waals surface area contributed by atoms with E-state index in [-0.39, 0.29) is 11.9 Å². The zero-order valence-electron chi connectivity index (χ0n) is 11.5. The molecule has 1 aromatic carbocycles. The van der Waals surface area contributed by atoms with Crippen molar-refractivity contribution in [3.8, 4) is 0 Å². The van der Waals surface area contributed by atoms with Crippen molar-refractivity contribution in [3.05, 3.63) is 29.3 Å². The van der Waals surface area contributed by atoms with E-state index in [2.05, 4.69) is 23.6 Å². The maximum absolute atomic E-state index is 12.1. The maximum Gasteiger partial charge on any atom is 0.246 e. The molecule has 0 aromatic heterocycles. The second kappa shape index (κ2) is 5.33. The average molecular weight is 258 g/mol. The highest BCUT2D eigenvalue weighted by atomic mass is 16.2. The number of carbonyl (C=O) groups excluding carboxylic acids is 1. The van der Waals surface area contributed by atoms with Crippen molar-refractivity contribution in [2.45, 2.75) is 57.5 Å². The van der Waals surface area contributed by atoms with Crippen LogP contribution in [0.3, 0.4) is 0 Å². The number of hydrogen-bond donors (Lipinski definition) is 2. The Morgan fingerprint density at radius 2 is 1.89 bits per heavy atom. The van der Waals surface area contributed by atoms with Gasteiger partial charge in [0.25, 0.3) is 0 Å². The Kier molecular flexibility index (Phi) is 3.56. The molecule has 3 rings (SSSR count). The highest BCUT2D eigenvalue weighted by Gasteiger charge is 2.32. The Hall–Kier alpha value is -1.35. The van der Waals surface area contributed by atoms with Crippen LogP contribution in [0.2, 0.25) is 0 Å². The first kappa shape index (κ1) is 12.7. The minimum Gasteiger partial charge on any atom is -0.324 e. The van der Waals surface area contributed by atoms with Crippen molar-refractivity contribution in [2.24, 2.45) is 0 Å². The lowest BCUT2D eigenvalue weighted by atomic mass is 10.0. The lowest BCUT2D eigenvalue weighted by Crippen LogP contribution is -2.36. The number of fused-ring (bicyclic) bond motifs is 1. The summed E-state index contributed by atoms with van der Waals surface area (Å²) in [6, 6.07) is 6.52. The Bertz CT molecular complexity index is 476. The van der Waals surface area contributed by atoms with Crippen LogP contribution in [-0.2, 0) is 4.79 Å². The molecule has 1 saturated carbocycles. The number of rotatable bonds is 2. The Labute approximate surface area is 114 Å². The summed E-state index contributed by atoms with van der Waals surface area (Å²) in [5.74, 6) is 0.102. The predicted octanol–water partition coefficient (Wildman–Crippen LogP) is 3.30. The zero-order chi connectivity index (χ0) is 13.2. The normalized spacial score (nSPS) is 23.8. The number of carbonyl (C=O) groups is 1. The van der Waals surface area contributed by atoms with E-state index in [0.29, 0.717) is 6.04 Å². The molecule has 2 aliphatic rings. The first-order valence-electron chi connectivity index (χ1n) is 7.41. The lowest BCUT2D eigenvalue weighted by Gasteiger charge is -2.20. The van der Waals surface area contributed by atoms with E-state index in [0.717, 1.165) is 11.3 Å². The van der Waals surface area contributed by atoms with Crippen LogP contribution in [0.5, 0.6) is 0 Å². The molecule has 0 spiro atoms. The van der Waals surface area contributed by atoms with Gasteiger partial charge in [0.2, 0.25) is 5.91 Å². The summed E-state index contributed by atoms with van der Waals surface area (Å²) in [5, 5.41) is 6.56. The quantitative estimate of drug-likeness (QED) is 0.799. The summed E-state index contributed by atoms with van der Waals surface area (Å²) in [6.07, 6.45) is 7.64. The summed E-state index contributed by atoms with van der Waals surface area (Å²) in [6.45, 7) is 2.08. The highest BCUT2D eigenvalue weighted by Crippen LogP contribution is 2.32. The van der Waals surface area contributed by atoms with E-state index in [1.807, 2.05) is 12.1 Å². The van der Waals surface area contributed by atoms with Gasteiger partial charge in [-0.25, -0.2) is 0 Å². The van der Waals surface area contributed by atoms with Gasteiger partial charge in [-0.2, -0.15) is 0 Å². The van der Waals surface area contributed by atoms with Gasteiger partial charge in [0.15, 0.2) is 0 Å². The van der Waals surface area contributed by atoms with E-state index < -0.39 is 0 Å². The van der Waals surface area contributed by atoms with Gasteiger partial charge >= 0.3 is 0 Å². The van der Waals surface area contributed by atoms with Gasteiger partial charge in [-0.3, -0.25) is 10.1 Å². The molecule has 3 nitrogen and oxygen atoms in total. The fraction of sp³-hybridized carbons (Fsp3) is 0.562. The van der Waals surface area contributed by atoms with Crippen molar-refractivity contribution < 1.29 is 4.79 Å². The molecule has 2 N–H and O–H groups in total. The standard InChI is InChI=1S/C16H22N2O/c1-11-8-9-14-13(10-11)15(16(19)18-14)17-12-6-4-2-3-5-7-12/h8-10,12,15,17H,2-7H2,1H3,(H,18,19). The van der Waals surface area contributed by atoms with Crippen molar-refractivity contribution in [2.75, 3.05) is 5.32 Å². The van der Waals surface area contributed by atoms with Gasteiger partial charge in [-0.05, 0) is 25.8 Å². The number of anilines is 1. The van der Waals surface area contributed by atoms with E-state index in [1.54, 1.807) is 0 Å². The summed E-state index contributed by atoms with van der Waals surface area (Å²) < 4.78 is 0. The van der Waals surface area contributed by atoms with Crippen LogP contribution in [0.4, 0.5) is 5.69 Å². The minimum absolute atomic E-state index is 0.102. The molecular weight excluding hydrogens is 236 g/mol. The van der Waals surface area contributed by atoms with Crippen LogP contribution in [0.1, 0.15) is 55.7 Å². The second-order valence-electron chi connectivity index (χ2n) is 5.87. The fourth-order valence-corrected chi connectivity index (χ4v) is 3.23. The molecule has 1 atom stereocenters. The largest absolute Gasteiger partial charge is 0.324 e. The van der Waals surface area contributed by atoms with Crippen molar-refractivity contribution in [1.29, 1.82) is 0 Å². The summed E-state index contributed by atoms with van der Waals surface area (Å²) in [4.78, 5) is 12.1. The number of aryl methyl sites for hydroxylation is 1. The second-order valence-corrected chi connectivity index (χ2v) is 5.87. The Morgan fingerprint density at radius 1 is 1.16 bits per heavy atom. The van der Waals surface area contributed by atoms with Gasteiger partial charge in [-0.15, -0.1) is 0 Å². The van der Waals surface area contributed by atoms with Crippen LogP contribution in [0.15, 0.2) is 18.2 Å². The number of hydrogen-bond acceptors (Lipinski definition) is 2. The zero-order valence-corrected chi connectivity index (χ0v) is 11.5. The number of amides is 1. The molecule has 1 aliphatic heterocycles. The third kappa shape index (κ3) is 2.66. The Balaban J connectivity index is 1.77. The summed E-state index contributed by atoms with van der Waals surface area (Å²) >= 11 is 0. The van der Waals surface area contributed by atoms with Crippen LogP contribution in [-0.4, -0.2) is 11.9 Å². The molecule has 1 fully saturated rings. The molecule has 1 heterocycles. The molecular formula is C16H22N2O. The molecule has 0 radical (unpaired) electrons. The highest BCUT2D eigenvalue weighted by molar-refractivity contribution is 6.02. The third-order valence-corrected chi connectivity index (χ3v) is 4.30. The van der Waals surface area contributed by atoms with Crippen molar-refractivity contribution >= 4 is 11.6 Å². The third-order valence-electron chi connectivity index (χ3n) is 4.30. The van der Waals surface area contributed by atoms with E-state index in [9.17, 15) is 4.79 Å². The van der Waals surface area contributed by atoms with Gasteiger partial charge in [0.1, 0.15) is 6.04 Å². The van der Waals surface area contributed by atoms with E-state index in [4.69, 9.17) is 0 Å². The lowest BCUT2D eigenvalue weighted by molar-refractivity contribution is -0.117. The van der Waals surface area contributed by atoms with Crippen LogP contribution in [0.25, 0.3) is 0 Å². The smallest absolute Gasteiger partial charge is 0.246 e. The van der Waals surface area contributed by atoms with Gasteiger partial charge < -0.3 is 5.32 Å². The SMILES string of the molecule is Cc1ccc2c(c1)C(NC1CCCCCC1)C(=O)N2. The van der Waals surface area contributed by atoms with Gasteiger partial charge in [-0.1, -0.05) is 43.4 Å².